The van der Waals surface area contributed by atoms with Crippen molar-refractivity contribution in [3.8, 4) is 0 Å². The van der Waals surface area contributed by atoms with Gasteiger partial charge in [0.05, 0.1) is 28.8 Å². The van der Waals surface area contributed by atoms with Gasteiger partial charge >= 0.3 is 5.97 Å². The Bertz CT molecular complexity index is 1020. The van der Waals surface area contributed by atoms with Crippen molar-refractivity contribution in [1.82, 2.24) is 9.80 Å². The van der Waals surface area contributed by atoms with Crippen LogP contribution in [0.1, 0.15) is 46.1 Å². The minimum absolute atomic E-state index is 0.0860. The largest absolute Gasteiger partial charge is 0.462 e. The van der Waals surface area contributed by atoms with Crippen LogP contribution in [0.25, 0.3) is 0 Å². The minimum Gasteiger partial charge on any atom is -0.462 e. The van der Waals surface area contributed by atoms with Crippen molar-refractivity contribution in [1.29, 1.82) is 0 Å². The van der Waals surface area contributed by atoms with Crippen LogP contribution in [0.2, 0.25) is 10.0 Å². The normalized spacial score (nSPS) is 16.9. The molecule has 2 heterocycles. The molecule has 1 aromatic carbocycles. The number of rotatable bonds is 7. The molecule has 6 nitrogen and oxygen atoms in total. The Morgan fingerprint density at radius 1 is 1.06 bits per heavy atom. The first-order valence-corrected chi connectivity index (χ1v) is 13.0. The standard InChI is InChI=1S/C24H29Cl2N3O3S/c1-2-32-24(31)22-17-5-3-4-6-20(17)33-23(22)27-21(30)15-29-11-9-28(10-12-29)14-16-7-8-18(25)19(26)13-16/h7-8,13H,2-6,9-12,14-15H2,1H3,(H,27,30). The molecule has 1 aliphatic carbocycles. The average molecular weight is 510 g/mol. The summed E-state index contributed by atoms with van der Waals surface area (Å²) in [5.74, 6) is -0.416. The van der Waals surface area contributed by atoms with Crippen molar-refractivity contribution >= 4 is 51.4 Å². The van der Waals surface area contributed by atoms with Crippen molar-refractivity contribution in [3.63, 3.8) is 0 Å². The highest BCUT2D eigenvalue weighted by atomic mass is 35.5. The third-order valence-corrected chi connectivity index (χ3v) is 8.07. The lowest BCUT2D eigenvalue weighted by atomic mass is 9.95. The number of benzene rings is 1. The molecular formula is C24H29Cl2N3O3S. The van der Waals surface area contributed by atoms with Gasteiger partial charge in [0, 0.05) is 37.6 Å². The molecule has 2 aromatic rings. The van der Waals surface area contributed by atoms with Crippen LogP contribution in [0.5, 0.6) is 0 Å². The van der Waals surface area contributed by atoms with Gasteiger partial charge in [-0.15, -0.1) is 11.3 Å². The monoisotopic (exact) mass is 509 g/mol. The molecule has 4 rings (SSSR count). The van der Waals surface area contributed by atoms with Crippen LogP contribution in [-0.4, -0.2) is 61.0 Å². The molecule has 1 saturated heterocycles. The topological polar surface area (TPSA) is 61.9 Å². The van der Waals surface area contributed by atoms with E-state index in [0.29, 0.717) is 33.8 Å². The molecule has 33 heavy (non-hydrogen) atoms. The van der Waals surface area contributed by atoms with Crippen LogP contribution in [0, 0.1) is 0 Å². The molecule has 1 amide bonds. The SMILES string of the molecule is CCOC(=O)c1c(NC(=O)CN2CCN(Cc3ccc(Cl)c(Cl)c3)CC2)sc2c1CCCC2. The van der Waals surface area contributed by atoms with Crippen LogP contribution in [0.4, 0.5) is 5.00 Å². The van der Waals surface area contributed by atoms with Gasteiger partial charge in [0.15, 0.2) is 0 Å². The highest BCUT2D eigenvalue weighted by molar-refractivity contribution is 7.17. The van der Waals surface area contributed by atoms with Crippen LogP contribution >= 0.6 is 34.5 Å². The Kier molecular flexibility index (Phi) is 8.30. The van der Waals surface area contributed by atoms with Crippen molar-refractivity contribution in [2.24, 2.45) is 0 Å². The zero-order valence-electron chi connectivity index (χ0n) is 18.8. The Morgan fingerprint density at radius 3 is 2.52 bits per heavy atom. The second-order valence-electron chi connectivity index (χ2n) is 8.48. The number of ether oxygens (including phenoxy) is 1. The van der Waals surface area contributed by atoms with Gasteiger partial charge in [0.25, 0.3) is 0 Å². The number of nitrogens with zero attached hydrogens (tertiary/aromatic N) is 2. The first kappa shape index (κ1) is 24.5. The molecule has 0 atom stereocenters. The lowest BCUT2D eigenvalue weighted by Crippen LogP contribution is -2.48. The smallest absolute Gasteiger partial charge is 0.341 e. The van der Waals surface area contributed by atoms with E-state index in [4.69, 9.17) is 27.9 Å². The number of carbonyl (C=O) groups excluding carboxylic acids is 2. The number of thiophene rings is 1. The molecular weight excluding hydrogens is 481 g/mol. The number of fused-ring (bicyclic) bond motifs is 1. The molecule has 0 unspecified atom stereocenters. The third-order valence-electron chi connectivity index (χ3n) is 6.13. The zero-order chi connectivity index (χ0) is 23.4. The number of esters is 1. The highest BCUT2D eigenvalue weighted by Gasteiger charge is 2.28. The van der Waals surface area contributed by atoms with E-state index in [-0.39, 0.29) is 11.9 Å². The molecule has 0 saturated carbocycles. The maximum Gasteiger partial charge on any atom is 0.341 e. The van der Waals surface area contributed by atoms with E-state index in [2.05, 4.69) is 15.1 Å². The van der Waals surface area contributed by atoms with E-state index in [0.717, 1.165) is 69.5 Å². The number of amides is 1. The van der Waals surface area contributed by atoms with Gasteiger partial charge in [-0.2, -0.15) is 0 Å². The second kappa shape index (κ2) is 11.2. The summed E-state index contributed by atoms with van der Waals surface area (Å²) in [4.78, 5) is 31.1. The van der Waals surface area contributed by atoms with Crippen LogP contribution in [0.15, 0.2) is 18.2 Å². The molecule has 9 heteroatoms. The fraction of sp³-hybridized carbons (Fsp3) is 0.500. The number of hydrogen-bond acceptors (Lipinski definition) is 6. The predicted molar refractivity (Wildman–Crippen MR) is 134 cm³/mol. The van der Waals surface area contributed by atoms with Gasteiger partial charge in [-0.05, 0) is 55.9 Å². The maximum absolute atomic E-state index is 12.8. The van der Waals surface area contributed by atoms with Crippen LogP contribution in [-0.2, 0) is 28.9 Å². The lowest BCUT2D eigenvalue weighted by molar-refractivity contribution is -0.117. The summed E-state index contributed by atoms with van der Waals surface area (Å²) >= 11 is 13.7. The van der Waals surface area contributed by atoms with E-state index in [1.807, 2.05) is 18.2 Å². The van der Waals surface area contributed by atoms with E-state index in [9.17, 15) is 9.59 Å². The molecule has 1 N–H and O–H groups in total. The first-order valence-electron chi connectivity index (χ1n) is 11.4. The van der Waals surface area contributed by atoms with E-state index >= 15 is 0 Å². The Hall–Kier alpha value is -1.64. The van der Waals surface area contributed by atoms with Crippen LogP contribution < -0.4 is 5.32 Å². The van der Waals surface area contributed by atoms with Gasteiger partial charge in [-0.3, -0.25) is 14.6 Å². The summed E-state index contributed by atoms with van der Waals surface area (Å²) in [5.41, 5.74) is 2.76. The Labute approximate surface area is 208 Å². The summed E-state index contributed by atoms with van der Waals surface area (Å²) in [6.45, 7) is 6.59. The van der Waals surface area contributed by atoms with Gasteiger partial charge in [-0.25, -0.2) is 4.79 Å². The van der Waals surface area contributed by atoms with Crippen molar-refractivity contribution in [2.75, 3.05) is 44.6 Å². The molecule has 1 aliphatic heterocycles. The minimum atomic E-state index is -0.330. The molecule has 2 aliphatic rings. The average Bonchev–Trinajstić information content (AvgIpc) is 3.15. The molecule has 0 radical (unpaired) electrons. The summed E-state index contributed by atoms with van der Waals surface area (Å²) in [5, 5.41) is 4.79. The van der Waals surface area contributed by atoms with Gasteiger partial charge in [-0.1, -0.05) is 29.3 Å². The van der Waals surface area contributed by atoms with E-state index in [1.165, 1.54) is 16.2 Å². The molecule has 1 aromatic heterocycles. The van der Waals surface area contributed by atoms with Gasteiger partial charge in [0.1, 0.15) is 5.00 Å². The lowest BCUT2D eigenvalue weighted by Gasteiger charge is -2.34. The number of nitrogens with one attached hydrogen (secondary N) is 1. The Balaban J connectivity index is 1.32. The molecule has 1 fully saturated rings. The molecule has 178 valence electrons. The zero-order valence-corrected chi connectivity index (χ0v) is 21.1. The van der Waals surface area contributed by atoms with E-state index < -0.39 is 0 Å². The fourth-order valence-corrected chi connectivity index (χ4v) is 6.06. The quantitative estimate of drug-likeness (QED) is 0.539. The predicted octanol–water partition coefficient (Wildman–Crippen LogP) is 4.87. The number of aryl methyl sites for hydroxylation is 1. The fourth-order valence-electron chi connectivity index (χ4n) is 4.44. The van der Waals surface area contributed by atoms with Crippen molar-refractivity contribution in [3.05, 3.63) is 49.8 Å². The summed E-state index contributed by atoms with van der Waals surface area (Å²) in [7, 11) is 0. The van der Waals surface area contributed by atoms with Crippen LogP contribution in [0.3, 0.4) is 0 Å². The first-order chi connectivity index (χ1) is 15.9. The third kappa shape index (κ3) is 6.08. The van der Waals surface area contributed by atoms with Crippen molar-refractivity contribution in [2.45, 2.75) is 39.2 Å². The summed E-state index contributed by atoms with van der Waals surface area (Å²) < 4.78 is 5.28. The maximum atomic E-state index is 12.8. The van der Waals surface area contributed by atoms with E-state index in [1.54, 1.807) is 6.92 Å². The van der Waals surface area contributed by atoms with Gasteiger partial charge < -0.3 is 10.1 Å². The molecule has 0 spiro atoms. The number of halogens is 2. The number of piperazine rings is 1. The summed E-state index contributed by atoms with van der Waals surface area (Å²) in [6, 6.07) is 5.73. The number of hydrogen-bond donors (Lipinski definition) is 1. The van der Waals surface area contributed by atoms with Crippen molar-refractivity contribution < 1.29 is 14.3 Å². The Morgan fingerprint density at radius 2 is 1.79 bits per heavy atom. The highest BCUT2D eigenvalue weighted by Crippen LogP contribution is 2.38. The number of anilines is 1. The summed E-state index contributed by atoms with van der Waals surface area (Å²) in [6.07, 6.45) is 4.02. The molecule has 0 bridgehead atoms. The number of carbonyl (C=O) groups is 2. The second-order valence-corrected chi connectivity index (χ2v) is 10.4. The van der Waals surface area contributed by atoms with Gasteiger partial charge in [0.2, 0.25) is 5.91 Å².